The molecule has 0 bridgehead atoms. The molecule has 4 heteroatoms. The molecule has 0 amide bonds. The maximum absolute atomic E-state index is 12.4. The van der Waals surface area contributed by atoms with Crippen molar-refractivity contribution in [2.24, 2.45) is 5.73 Å². The van der Waals surface area contributed by atoms with Gasteiger partial charge < -0.3 is 15.4 Å². The van der Waals surface area contributed by atoms with Gasteiger partial charge in [0.25, 0.3) is 5.56 Å². The first-order valence-corrected chi connectivity index (χ1v) is 6.07. The lowest BCUT2D eigenvalue weighted by Gasteiger charge is -2.18. The Balaban J connectivity index is 2.84. The second-order valence-electron chi connectivity index (χ2n) is 4.72. The number of fused-ring (bicyclic) bond motifs is 1. The van der Waals surface area contributed by atoms with Crippen LogP contribution in [0.1, 0.15) is 31.5 Å². The van der Waals surface area contributed by atoms with Gasteiger partial charge in [-0.1, -0.05) is 18.2 Å². The lowest BCUT2D eigenvalue weighted by atomic mass is 10.1. The number of para-hydroxylation sites is 1. The van der Waals surface area contributed by atoms with Crippen molar-refractivity contribution in [3.63, 3.8) is 0 Å². The molecule has 2 rings (SSSR count). The maximum atomic E-state index is 12.4. The molecule has 1 unspecified atom stereocenters. The zero-order valence-corrected chi connectivity index (χ0v) is 10.6. The third-order valence-corrected chi connectivity index (χ3v) is 3.09. The second kappa shape index (κ2) is 4.92. The Morgan fingerprint density at radius 1 is 1.33 bits per heavy atom. The van der Waals surface area contributed by atoms with Gasteiger partial charge in [0, 0.05) is 11.6 Å². The van der Waals surface area contributed by atoms with Crippen LogP contribution in [-0.4, -0.2) is 16.3 Å². The second-order valence-corrected chi connectivity index (χ2v) is 4.72. The summed E-state index contributed by atoms with van der Waals surface area (Å²) < 4.78 is 1.72. The number of aliphatic hydroxyl groups is 1. The highest BCUT2D eigenvalue weighted by atomic mass is 16.3. The van der Waals surface area contributed by atoms with Gasteiger partial charge in [0.2, 0.25) is 0 Å². The van der Waals surface area contributed by atoms with Crippen LogP contribution in [0.3, 0.4) is 0 Å². The Morgan fingerprint density at radius 3 is 2.61 bits per heavy atom. The highest BCUT2D eigenvalue weighted by molar-refractivity contribution is 5.79. The van der Waals surface area contributed by atoms with Crippen molar-refractivity contribution in [3.05, 3.63) is 46.2 Å². The summed E-state index contributed by atoms with van der Waals surface area (Å²) in [6.07, 6.45) is 0. The van der Waals surface area contributed by atoms with Crippen molar-refractivity contribution in [1.29, 1.82) is 0 Å². The smallest absolute Gasteiger partial charge is 0.256 e. The predicted molar refractivity (Wildman–Crippen MR) is 72.6 cm³/mol. The van der Waals surface area contributed by atoms with Crippen LogP contribution >= 0.6 is 0 Å². The van der Waals surface area contributed by atoms with Crippen molar-refractivity contribution in [1.82, 2.24) is 4.57 Å². The third kappa shape index (κ3) is 2.05. The lowest BCUT2D eigenvalue weighted by molar-refractivity contribution is 0.267. The predicted octanol–water partition coefficient (Wildman–Crippen LogP) is 1.57. The van der Waals surface area contributed by atoms with Crippen LogP contribution in [0, 0.1) is 0 Å². The largest absolute Gasteiger partial charge is 0.394 e. The minimum Gasteiger partial charge on any atom is -0.394 e. The molecule has 2 aromatic rings. The maximum Gasteiger partial charge on any atom is 0.256 e. The number of hydrogen-bond donors (Lipinski definition) is 2. The van der Waals surface area contributed by atoms with Gasteiger partial charge in [0.15, 0.2) is 0 Å². The minimum absolute atomic E-state index is 0.0493. The van der Waals surface area contributed by atoms with Crippen LogP contribution in [0.5, 0.6) is 0 Å². The third-order valence-electron chi connectivity index (χ3n) is 3.09. The molecule has 0 aliphatic carbocycles. The highest BCUT2D eigenvalue weighted by Gasteiger charge is 2.15. The van der Waals surface area contributed by atoms with E-state index in [1.807, 2.05) is 38.1 Å². The number of aliphatic hydroxyl groups excluding tert-OH is 1. The molecule has 1 atom stereocenters. The summed E-state index contributed by atoms with van der Waals surface area (Å²) in [6.45, 7) is 3.69. The van der Waals surface area contributed by atoms with E-state index in [2.05, 4.69) is 0 Å². The number of benzene rings is 1. The fourth-order valence-corrected chi connectivity index (χ4v) is 2.18. The summed E-state index contributed by atoms with van der Waals surface area (Å²) in [5, 5.41) is 10.1. The highest BCUT2D eigenvalue weighted by Crippen LogP contribution is 2.19. The molecule has 1 heterocycles. The Morgan fingerprint density at radius 2 is 2.00 bits per heavy atom. The molecule has 18 heavy (non-hydrogen) atoms. The van der Waals surface area contributed by atoms with E-state index in [9.17, 15) is 4.79 Å². The molecule has 0 spiro atoms. The minimum atomic E-state index is -0.632. The summed E-state index contributed by atoms with van der Waals surface area (Å²) in [5.41, 5.74) is 7.03. The van der Waals surface area contributed by atoms with Crippen molar-refractivity contribution in [2.45, 2.75) is 25.9 Å². The van der Waals surface area contributed by atoms with Gasteiger partial charge in [-0.25, -0.2) is 0 Å². The zero-order valence-electron chi connectivity index (χ0n) is 10.6. The van der Waals surface area contributed by atoms with Crippen molar-refractivity contribution >= 4 is 10.9 Å². The van der Waals surface area contributed by atoms with E-state index in [-0.39, 0.29) is 18.2 Å². The SMILES string of the molecule is CC(C)n1c(=O)c(C(N)CO)cc2ccccc21. The van der Waals surface area contributed by atoms with E-state index in [1.54, 1.807) is 10.6 Å². The molecule has 3 N–H and O–H groups in total. The number of pyridine rings is 1. The first-order valence-electron chi connectivity index (χ1n) is 6.07. The number of rotatable bonds is 3. The lowest BCUT2D eigenvalue weighted by Crippen LogP contribution is -2.30. The first kappa shape index (κ1) is 12.8. The Kier molecular flexibility index (Phi) is 3.50. The Hall–Kier alpha value is -1.65. The van der Waals surface area contributed by atoms with Gasteiger partial charge in [-0.3, -0.25) is 4.79 Å². The fourth-order valence-electron chi connectivity index (χ4n) is 2.18. The number of nitrogens with two attached hydrogens (primary N) is 1. The van der Waals surface area contributed by atoms with E-state index >= 15 is 0 Å². The van der Waals surface area contributed by atoms with Gasteiger partial charge >= 0.3 is 0 Å². The molecule has 0 radical (unpaired) electrons. The summed E-state index contributed by atoms with van der Waals surface area (Å²) >= 11 is 0. The summed E-state index contributed by atoms with van der Waals surface area (Å²) in [6, 6.07) is 8.89. The van der Waals surface area contributed by atoms with E-state index in [4.69, 9.17) is 10.8 Å². The molecule has 0 fully saturated rings. The molecular weight excluding hydrogens is 228 g/mol. The molecule has 4 nitrogen and oxygen atoms in total. The van der Waals surface area contributed by atoms with Crippen LogP contribution < -0.4 is 11.3 Å². The summed E-state index contributed by atoms with van der Waals surface area (Å²) in [5.74, 6) is 0. The van der Waals surface area contributed by atoms with Gasteiger partial charge in [-0.2, -0.15) is 0 Å². The molecule has 1 aromatic carbocycles. The van der Waals surface area contributed by atoms with E-state index in [0.29, 0.717) is 5.56 Å². The molecule has 0 aliphatic rings. The normalized spacial score (nSPS) is 13.2. The zero-order chi connectivity index (χ0) is 13.3. The molecule has 0 saturated heterocycles. The average Bonchev–Trinajstić information content (AvgIpc) is 2.36. The van der Waals surface area contributed by atoms with Crippen molar-refractivity contribution in [3.8, 4) is 0 Å². The van der Waals surface area contributed by atoms with E-state index in [1.165, 1.54) is 0 Å². The molecular formula is C14H18N2O2. The Bertz CT molecular complexity index is 617. The Labute approximate surface area is 106 Å². The van der Waals surface area contributed by atoms with Gasteiger partial charge in [-0.15, -0.1) is 0 Å². The number of nitrogens with zero attached hydrogens (tertiary/aromatic N) is 1. The first-order chi connectivity index (χ1) is 8.56. The molecule has 0 aliphatic heterocycles. The molecule has 1 aromatic heterocycles. The van der Waals surface area contributed by atoms with Crippen LogP contribution in [0.2, 0.25) is 0 Å². The average molecular weight is 246 g/mol. The van der Waals surface area contributed by atoms with Gasteiger partial charge in [-0.05, 0) is 31.4 Å². The molecule has 96 valence electrons. The van der Waals surface area contributed by atoms with E-state index < -0.39 is 6.04 Å². The topological polar surface area (TPSA) is 68.2 Å². The van der Waals surface area contributed by atoms with E-state index in [0.717, 1.165) is 10.9 Å². The van der Waals surface area contributed by atoms with Crippen molar-refractivity contribution < 1.29 is 5.11 Å². The van der Waals surface area contributed by atoms with Crippen LogP contribution in [0.25, 0.3) is 10.9 Å². The summed E-state index contributed by atoms with van der Waals surface area (Å²) in [4.78, 5) is 12.4. The van der Waals surface area contributed by atoms with Crippen LogP contribution in [-0.2, 0) is 0 Å². The van der Waals surface area contributed by atoms with Crippen molar-refractivity contribution in [2.75, 3.05) is 6.61 Å². The van der Waals surface area contributed by atoms with Crippen LogP contribution in [0.4, 0.5) is 0 Å². The number of aromatic nitrogens is 1. The summed E-state index contributed by atoms with van der Waals surface area (Å²) in [7, 11) is 0. The molecule has 0 saturated carbocycles. The van der Waals surface area contributed by atoms with Gasteiger partial charge in [0.05, 0.1) is 18.2 Å². The standard InChI is InChI=1S/C14H18N2O2/c1-9(2)16-13-6-4-3-5-10(13)7-11(14(16)18)12(15)8-17/h3-7,9,12,17H,8,15H2,1-2H3. The number of hydrogen-bond acceptors (Lipinski definition) is 3. The monoisotopic (exact) mass is 246 g/mol. The van der Waals surface area contributed by atoms with Gasteiger partial charge in [0.1, 0.15) is 0 Å². The fraction of sp³-hybridized carbons (Fsp3) is 0.357. The van der Waals surface area contributed by atoms with Crippen LogP contribution in [0.15, 0.2) is 35.1 Å². The quantitative estimate of drug-likeness (QED) is 0.863.